The van der Waals surface area contributed by atoms with Gasteiger partial charge in [-0.25, -0.2) is 13.4 Å². The molecule has 3 aromatic rings. The molecule has 0 spiro atoms. The lowest BCUT2D eigenvalue weighted by atomic mass is 10.1. The number of nitrogens with zero attached hydrogens (tertiary/aromatic N) is 2. The molecular formula is C23H20FN3O5S. The van der Waals surface area contributed by atoms with Crippen LogP contribution in [-0.2, 0) is 21.6 Å². The molecular weight excluding hydrogens is 449 g/mol. The molecule has 1 N–H and O–H groups in total. The second-order valence-electron chi connectivity index (χ2n) is 7.34. The Bertz CT molecular complexity index is 1340. The van der Waals surface area contributed by atoms with Crippen molar-refractivity contribution in [3.63, 3.8) is 0 Å². The van der Waals surface area contributed by atoms with Crippen LogP contribution in [0.4, 0.5) is 10.1 Å². The fourth-order valence-corrected chi connectivity index (χ4v) is 4.61. The molecule has 8 nitrogen and oxygen atoms in total. The molecule has 0 bridgehead atoms. The number of anilines is 1. The normalized spacial score (nSPS) is 14.7. The number of carbonyl (C=O) groups is 1. The maximum absolute atomic E-state index is 15.8. The van der Waals surface area contributed by atoms with Crippen LogP contribution in [0, 0.1) is 17.1 Å². The number of unbranched alkanes of at least 4 members (excludes halogenated alkanes) is 1. The van der Waals surface area contributed by atoms with E-state index in [0.29, 0.717) is 28.3 Å². The van der Waals surface area contributed by atoms with Crippen molar-refractivity contribution < 1.29 is 27.1 Å². The van der Waals surface area contributed by atoms with E-state index in [9.17, 15) is 13.2 Å². The van der Waals surface area contributed by atoms with Crippen LogP contribution in [-0.4, -0.2) is 27.5 Å². The maximum atomic E-state index is 15.8. The highest BCUT2D eigenvalue weighted by Gasteiger charge is 2.38. The van der Waals surface area contributed by atoms with Crippen LogP contribution in [0.5, 0.6) is 11.5 Å². The minimum Gasteiger partial charge on any atom is -0.494 e. The van der Waals surface area contributed by atoms with Gasteiger partial charge in [0.1, 0.15) is 30.3 Å². The molecule has 0 aromatic heterocycles. The quantitative estimate of drug-likeness (QED) is 0.507. The standard InChI is InChI=1S/C23H20FN3O5S/c24-22-19-13-18(31-11-5-4-10-25)9-8-17(19)12-20(32-15-16-6-2-1-3-7-16)23(22)27-14-21(28)26-33(27,29)30/h1-3,6-9,12-13H,4-5,11,14-15H2,(H,26,28). The topological polar surface area (TPSA) is 109 Å². The van der Waals surface area contributed by atoms with Gasteiger partial charge in [-0.1, -0.05) is 36.4 Å². The zero-order chi connectivity index (χ0) is 23.4. The molecule has 1 fully saturated rings. The summed E-state index contributed by atoms with van der Waals surface area (Å²) in [6, 6.07) is 17.5. The van der Waals surface area contributed by atoms with Crippen molar-refractivity contribution in [3.8, 4) is 17.6 Å². The Morgan fingerprint density at radius 3 is 2.61 bits per heavy atom. The Morgan fingerprint density at radius 1 is 1.12 bits per heavy atom. The zero-order valence-electron chi connectivity index (χ0n) is 17.5. The van der Waals surface area contributed by atoms with E-state index in [1.807, 2.05) is 41.1 Å². The third-order valence-electron chi connectivity index (χ3n) is 5.00. The summed E-state index contributed by atoms with van der Waals surface area (Å²) in [4.78, 5) is 11.8. The predicted molar refractivity (Wildman–Crippen MR) is 119 cm³/mol. The zero-order valence-corrected chi connectivity index (χ0v) is 18.3. The number of benzene rings is 3. The van der Waals surface area contributed by atoms with E-state index in [-0.39, 0.29) is 30.0 Å². The molecule has 1 aliphatic rings. The van der Waals surface area contributed by atoms with Gasteiger partial charge in [0, 0.05) is 11.8 Å². The summed E-state index contributed by atoms with van der Waals surface area (Å²) in [5.41, 5.74) is 0.460. The van der Waals surface area contributed by atoms with Gasteiger partial charge in [0.2, 0.25) is 0 Å². The van der Waals surface area contributed by atoms with Gasteiger partial charge < -0.3 is 9.47 Å². The van der Waals surface area contributed by atoms with Crippen LogP contribution in [0.1, 0.15) is 18.4 Å². The molecule has 1 saturated heterocycles. The minimum atomic E-state index is -4.26. The molecule has 1 heterocycles. The first-order valence-corrected chi connectivity index (χ1v) is 11.6. The van der Waals surface area contributed by atoms with Crippen LogP contribution < -0.4 is 18.5 Å². The lowest BCUT2D eigenvalue weighted by molar-refractivity contribution is -0.117. The van der Waals surface area contributed by atoms with Crippen molar-refractivity contribution in [2.24, 2.45) is 0 Å². The average Bonchev–Trinajstić information content (AvgIpc) is 3.07. The van der Waals surface area contributed by atoms with Crippen molar-refractivity contribution in [1.82, 2.24) is 4.72 Å². The fourth-order valence-electron chi connectivity index (χ4n) is 3.45. The first-order chi connectivity index (χ1) is 15.9. The first kappa shape index (κ1) is 22.4. The van der Waals surface area contributed by atoms with E-state index in [1.165, 1.54) is 12.1 Å². The molecule has 0 saturated carbocycles. The number of halogens is 1. The number of hydrogen-bond acceptors (Lipinski definition) is 6. The van der Waals surface area contributed by atoms with Crippen molar-refractivity contribution >= 4 is 32.6 Å². The molecule has 33 heavy (non-hydrogen) atoms. The Hall–Kier alpha value is -3.84. The van der Waals surface area contributed by atoms with Crippen molar-refractivity contribution in [2.45, 2.75) is 19.4 Å². The van der Waals surface area contributed by atoms with Crippen LogP contribution >= 0.6 is 0 Å². The van der Waals surface area contributed by atoms with Crippen molar-refractivity contribution in [1.29, 1.82) is 5.26 Å². The number of nitriles is 1. The van der Waals surface area contributed by atoms with Gasteiger partial charge in [-0.05, 0) is 35.6 Å². The lowest BCUT2D eigenvalue weighted by Gasteiger charge is -2.21. The Morgan fingerprint density at radius 2 is 1.91 bits per heavy atom. The highest BCUT2D eigenvalue weighted by atomic mass is 32.2. The van der Waals surface area contributed by atoms with E-state index >= 15 is 4.39 Å². The molecule has 0 unspecified atom stereocenters. The third kappa shape index (κ3) is 4.83. The summed E-state index contributed by atoms with van der Waals surface area (Å²) in [6.07, 6.45) is 0.858. The Kier molecular flexibility index (Phi) is 6.33. The highest BCUT2D eigenvalue weighted by Crippen LogP contribution is 2.40. The molecule has 170 valence electrons. The number of carbonyl (C=O) groups excluding carboxylic acids is 1. The van der Waals surface area contributed by atoms with Gasteiger partial charge in [-0.3, -0.25) is 4.79 Å². The smallest absolute Gasteiger partial charge is 0.326 e. The monoisotopic (exact) mass is 469 g/mol. The molecule has 1 aliphatic heterocycles. The number of amides is 1. The molecule has 1 amide bonds. The van der Waals surface area contributed by atoms with E-state index in [0.717, 1.165) is 5.56 Å². The van der Waals surface area contributed by atoms with Crippen LogP contribution in [0.25, 0.3) is 10.8 Å². The highest BCUT2D eigenvalue weighted by molar-refractivity contribution is 7.92. The minimum absolute atomic E-state index is 0.00776. The van der Waals surface area contributed by atoms with Crippen LogP contribution in [0.3, 0.4) is 0 Å². The molecule has 0 atom stereocenters. The van der Waals surface area contributed by atoms with Gasteiger partial charge >= 0.3 is 10.2 Å². The van der Waals surface area contributed by atoms with Gasteiger partial charge in [0.15, 0.2) is 5.82 Å². The summed E-state index contributed by atoms with van der Waals surface area (Å²) >= 11 is 0. The second-order valence-corrected chi connectivity index (χ2v) is 8.94. The third-order valence-corrected chi connectivity index (χ3v) is 6.38. The number of fused-ring (bicyclic) bond motifs is 1. The predicted octanol–water partition coefficient (Wildman–Crippen LogP) is 3.42. The van der Waals surface area contributed by atoms with Gasteiger partial charge in [0.25, 0.3) is 5.91 Å². The van der Waals surface area contributed by atoms with Crippen molar-refractivity contribution in [2.75, 3.05) is 17.5 Å². The largest absolute Gasteiger partial charge is 0.494 e. The SMILES string of the molecule is N#CCCCOc1ccc2cc(OCc3ccccc3)c(N3CC(=O)NS3(=O)=O)c(F)c2c1. The number of nitrogens with one attached hydrogen (secondary N) is 1. The van der Waals surface area contributed by atoms with E-state index in [1.54, 1.807) is 12.1 Å². The summed E-state index contributed by atoms with van der Waals surface area (Å²) in [7, 11) is -4.26. The first-order valence-electron chi connectivity index (χ1n) is 10.1. The van der Waals surface area contributed by atoms with E-state index < -0.39 is 28.5 Å². The Labute approximate surface area is 190 Å². The molecule has 0 aliphatic carbocycles. The fraction of sp³-hybridized carbons (Fsp3) is 0.217. The van der Waals surface area contributed by atoms with Crippen LogP contribution in [0.2, 0.25) is 0 Å². The molecule has 0 radical (unpaired) electrons. The summed E-state index contributed by atoms with van der Waals surface area (Å²) in [6.45, 7) is -0.199. The lowest BCUT2D eigenvalue weighted by Crippen LogP contribution is -2.30. The molecule has 10 heteroatoms. The van der Waals surface area contributed by atoms with E-state index in [2.05, 4.69) is 0 Å². The second kappa shape index (κ2) is 9.34. The summed E-state index contributed by atoms with van der Waals surface area (Å²) in [5, 5.41) is 9.22. The average molecular weight is 469 g/mol. The van der Waals surface area contributed by atoms with Crippen LogP contribution in [0.15, 0.2) is 54.6 Å². The number of ether oxygens (including phenoxy) is 2. The summed E-state index contributed by atoms with van der Waals surface area (Å²) in [5.74, 6) is -1.25. The Balaban J connectivity index is 1.76. The van der Waals surface area contributed by atoms with Gasteiger partial charge in [0.05, 0.1) is 12.7 Å². The van der Waals surface area contributed by atoms with E-state index in [4.69, 9.17) is 14.7 Å². The van der Waals surface area contributed by atoms with Gasteiger partial charge in [-0.2, -0.15) is 13.7 Å². The molecule has 4 rings (SSSR count). The van der Waals surface area contributed by atoms with Gasteiger partial charge in [-0.15, -0.1) is 0 Å². The number of hydrogen-bond donors (Lipinski definition) is 1. The number of rotatable bonds is 8. The van der Waals surface area contributed by atoms with Crippen molar-refractivity contribution in [3.05, 3.63) is 66.0 Å². The molecule has 3 aromatic carbocycles. The maximum Gasteiger partial charge on any atom is 0.326 e. The summed E-state index contributed by atoms with van der Waals surface area (Å²) < 4.78 is 54.7.